The predicted molar refractivity (Wildman–Crippen MR) is 88.4 cm³/mol. The highest BCUT2D eigenvalue weighted by Crippen LogP contribution is 2.23. The van der Waals surface area contributed by atoms with Crippen molar-refractivity contribution in [2.24, 2.45) is 0 Å². The van der Waals surface area contributed by atoms with Crippen molar-refractivity contribution in [2.45, 2.75) is 6.92 Å². The number of benzene rings is 1. The molecule has 0 aliphatic rings. The molecule has 0 bridgehead atoms. The van der Waals surface area contributed by atoms with E-state index >= 15 is 0 Å². The largest absolute Gasteiger partial charge is 0.482 e. The summed E-state index contributed by atoms with van der Waals surface area (Å²) in [7, 11) is 1.53. The van der Waals surface area contributed by atoms with Crippen molar-refractivity contribution >= 4 is 34.9 Å². The van der Waals surface area contributed by atoms with Crippen LogP contribution in [0.1, 0.15) is 5.56 Å². The monoisotopic (exact) mass is 331 g/mol. The summed E-state index contributed by atoms with van der Waals surface area (Å²) < 4.78 is 6.84. The van der Waals surface area contributed by atoms with Gasteiger partial charge in [0.15, 0.2) is 5.65 Å². The summed E-state index contributed by atoms with van der Waals surface area (Å²) in [5.74, 6) is 0.759. The van der Waals surface area contributed by atoms with Crippen LogP contribution >= 0.6 is 11.6 Å². The number of ether oxygens (including phenoxy) is 1. The molecule has 1 aromatic carbocycles. The van der Waals surface area contributed by atoms with Gasteiger partial charge in [-0.3, -0.25) is 5.32 Å². The first kappa shape index (κ1) is 15.1. The van der Waals surface area contributed by atoms with Crippen molar-refractivity contribution in [1.29, 1.82) is 0 Å². The second kappa shape index (κ2) is 6.13. The zero-order chi connectivity index (χ0) is 16.4. The highest BCUT2D eigenvalue weighted by molar-refractivity contribution is 6.33. The molecule has 8 heteroatoms. The Labute approximate surface area is 137 Å². The Morgan fingerprint density at radius 1 is 1.22 bits per heavy atom. The lowest BCUT2D eigenvalue weighted by atomic mass is 10.2. The molecular formula is C15H14ClN5O2. The lowest BCUT2D eigenvalue weighted by Crippen LogP contribution is -2.21. The van der Waals surface area contributed by atoms with Gasteiger partial charge in [0.1, 0.15) is 0 Å². The van der Waals surface area contributed by atoms with Gasteiger partial charge < -0.3 is 10.1 Å². The molecule has 0 spiro atoms. The van der Waals surface area contributed by atoms with E-state index in [9.17, 15) is 4.79 Å². The van der Waals surface area contributed by atoms with Gasteiger partial charge in [0.25, 0.3) is 0 Å². The van der Waals surface area contributed by atoms with Gasteiger partial charge in [-0.25, -0.2) is 9.20 Å². The highest BCUT2D eigenvalue weighted by atomic mass is 35.5. The molecule has 0 unspecified atom stereocenters. The summed E-state index contributed by atoms with van der Waals surface area (Å²) in [5, 5.41) is 13.7. The molecule has 0 atom stereocenters. The number of hydrogen-bond donors (Lipinski definition) is 2. The van der Waals surface area contributed by atoms with Crippen LogP contribution in [0.3, 0.4) is 0 Å². The molecular weight excluding hydrogens is 318 g/mol. The summed E-state index contributed by atoms with van der Waals surface area (Å²) in [6.45, 7) is 1.92. The fraction of sp³-hybridized carbons (Fsp3) is 0.133. The van der Waals surface area contributed by atoms with Gasteiger partial charge in [0.2, 0.25) is 11.8 Å². The Hall–Kier alpha value is -2.80. The fourth-order valence-corrected chi connectivity index (χ4v) is 2.41. The molecule has 23 heavy (non-hydrogen) atoms. The van der Waals surface area contributed by atoms with E-state index < -0.39 is 6.03 Å². The van der Waals surface area contributed by atoms with E-state index in [0.29, 0.717) is 22.2 Å². The van der Waals surface area contributed by atoms with E-state index in [1.165, 1.54) is 7.11 Å². The van der Waals surface area contributed by atoms with Crippen molar-refractivity contribution in [1.82, 2.24) is 14.6 Å². The first-order chi connectivity index (χ1) is 11.1. The molecule has 2 heterocycles. The van der Waals surface area contributed by atoms with Crippen molar-refractivity contribution < 1.29 is 9.53 Å². The molecule has 118 valence electrons. The standard InChI is InChI=1S/C15H14ClN5O2/c1-9-6-7-11(10(16)8-9)17-15(22)18-14-20-19-12-4-3-5-13(23-2)21(12)14/h3-8H,1-2H3,(H2,17,18,20,22). The van der Waals surface area contributed by atoms with Gasteiger partial charge in [-0.2, -0.15) is 0 Å². The summed E-state index contributed by atoms with van der Waals surface area (Å²) in [6, 6.07) is 10.2. The average Bonchev–Trinajstić information content (AvgIpc) is 2.93. The molecule has 0 fully saturated rings. The normalized spacial score (nSPS) is 10.6. The molecule has 3 rings (SSSR count). The Bertz CT molecular complexity index is 877. The Morgan fingerprint density at radius 3 is 2.78 bits per heavy atom. The number of carbonyl (C=O) groups excluding carboxylic acids is 1. The smallest absolute Gasteiger partial charge is 0.326 e. The van der Waals surface area contributed by atoms with Crippen molar-refractivity contribution in [2.75, 3.05) is 17.7 Å². The minimum atomic E-state index is -0.476. The van der Waals surface area contributed by atoms with Gasteiger partial charge in [0, 0.05) is 0 Å². The maximum Gasteiger partial charge on any atom is 0.326 e. The quantitative estimate of drug-likeness (QED) is 0.771. The second-order valence-corrected chi connectivity index (χ2v) is 5.25. The van der Waals surface area contributed by atoms with Crippen LogP contribution < -0.4 is 15.4 Å². The van der Waals surface area contributed by atoms with Crippen molar-refractivity contribution in [3.8, 4) is 5.88 Å². The van der Waals surface area contributed by atoms with E-state index in [0.717, 1.165) is 5.56 Å². The number of carbonyl (C=O) groups is 1. The maximum absolute atomic E-state index is 12.2. The van der Waals surface area contributed by atoms with Crippen LogP contribution in [0.25, 0.3) is 5.65 Å². The number of methoxy groups -OCH3 is 1. The number of halogens is 1. The van der Waals surface area contributed by atoms with Crippen LogP contribution in [-0.2, 0) is 0 Å². The minimum absolute atomic E-state index is 0.248. The summed E-state index contributed by atoms with van der Waals surface area (Å²) in [5.41, 5.74) is 2.08. The number of amides is 2. The number of pyridine rings is 1. The van der Waals surface area contributed by atoms with Crippen LogP contribution in [0.5, 0.6) is 5.88 Å². The van der Waals surface area contributed by atoms with E-state index in [-0.39, 0.29) is 5.95 Å². The topological polar surface area (TPSA) is 80.6 Å². The lowest BCUT2D eigenvalue weighted by molar-refractivity contribution is 0.262. The molecule has 0 saturated heterocycles. The van der Waals surface area contributed by atoms with Gasteiger partial charge in [-0.1, -0.05) is 23.7 Å². The van der Waals surface area contributed by atoms with Crippen LogP contribution in [-0.4, -0.2) is 27.7 Å². The summed E-state index contributed by atoms with van der Waals surface area (Å²) in [6.07, 6.45) is 0. The number of aryl methyl sites for hydroxylation is 1. The maximum atomic E-state index is 12.2. The van der Waals surface area contributed by atoms with Crippen LogP contribution in [0.4, 0.5) is 16.4 Å². The molecule has 2 N–H and O–H groups in total. The third-order valence-corrected chi connectivity index (χ3v) is 3.51. The molecule has 0 aliphatic carbocycles. The fourth-order valence-electron chi connectivity index (χ4n) is 2.13. The predicted octanol–water partition coefficient (Wildman–Crippen LogP) is 3.34. The number of urea groups is 1. The zero-order valence-electron chi connectivity index (χ0n) is 12.5. The number of rotatable bonds is 3. The number of hydrogen-bond acceptors (Lipinski definition) is 4. The molecule has 0 saturated carbocycles. The van der Waals surface area contributed by atoms with Gasteiger partial charge >= 0.3 is 6.03 Å². The Morgan fingerprint density at radius 2 is 2.04 bits per heavy atom. The minimum Gasteiger partial charge on any atom is -0.482 e. The second-order valence-electron chi connectivity index (χ2n) is 4.85. The Balaban J connectivity index is 1.83. The molecule has 3 aromatic rings. The SMILES string of the molecule is COc1cccc2nnc(NC(=O)Nc3ccc(C)cc3Cl)n12. The lowest BCUT2D eigenvalue weighted by Gasteiger charge is -2.09. The third kappa shape index (κ3) is 3.04. The van der Waals surface area contributed by atoms with Crippen LogP contribution in [0, 0.1) is 6.92 Å². The molecule has 7 nitrogen and oxygen atoms in total. The van der Waals surface area contributed by atoms with Crippen molar-refractivity contribution in [3.63, 3.8) is 0 Å². The molecule has 2 amide bonds. The summed E-state index contributed by atoms with van der Waals surface area (Å²) in [4.78, 5) is 12.2. The molecule has 2 aromatic heterocycles. The van der Waals surface area contributed by atoms with Gasteiger partial charge in [-0.05, 0) is 36.8 Å². The first-order valence-corrected chi connectivity index (χ1v) is 7.18. The number of nitrogens with zero attached hydrogens (tertiary/aromatic N) is 3. The van der Waals surface area contributed by atoms with E-state index in [4.69, 9.17) is 16.3 Å². The number of anilines is 2. The third-order valence-electron chi connectivity index (χ3n) is 3.20. The molecule has 0 aliphatic heterocycles. The van der Waals surface area contributed by atoms with Gasteiger partial charge in [0.05, 0.1) is 17.8 Å². The van der Waals surface area contributed by atoms with Crippen molar-refractivity contribution in [3.05, 3.63) is 47.0 Å². The Kier molecular flexibility index (Phi) is 4.03. The number of nitrogens with one attached hydrogen (secondary N) is 2. The number of aromatic nitrogens is 3. The summed E-state index contributed by atoms with van der Waals surface area (Å²) >= 11 is 6.10. The van der Waals surface area contributed by atoms with E-state index in [1.807, 2.05) is 13.0 Å². The van der Waals surface area contributed by atoms with Gasteiger partial charge in [-0.15, -0.1) is 10.2 Å². The van der Waals surface area contributed by atoms with Crippen LogP contribution in [0.15, 0.2) is 36.4 Å². The van der Waals surface area contributed by atoms with E-state index in [1.54, 1.807) is 34.7 Å². The first-order valence-electron chi connectivity index (χ1n) is 6.81. The zero-order valence-corrected chi connectivity index (χ0v) is 13.3. The average molecular weight is 332 g/mol. The van der Waals surface area contributed by atoms with Crippen LogP contribution in [0.2, 0.25) is 5.02 Å². The highest BCUT2D eigenvalue weighted by Gasteiger charge is 2.13. The van der Waals surface area contributed by atoms with E-state index in [2.05, 4.69) is 20.8 Å². The molecule has 0 radical (unpaired) electrons. The number of fused-ring (bicyclic) bond motifs is 1.